The monoisotopic (exact) mass is 405 g/mol. The molecule has 5 nitrogen and oxygen atoms in total. The van der Waals surface area contributed by atoms with E-state index in [2.05, 4.69) is 10.3 Å². The number of halogens is 3. The number of carbonyl (C=O) groups is 1. The van der Waals surface area contributed by atoms with Crippen molar-refractivity contribution >= 4 is 42.3 Å². The fourth-order valence-corrected chi connectivity index (χ4v) is 3.00. The molecule has 0 radical (unpaired) electrons. The number of benzene rings is 1. The van der Waals surface area contributed by atoms with E-state index < -0.39 is 0 Å². The lowest BCUT2D eigenvalue weighted by Gasteiger charge is -2.23. The molecular formula is C17H22Cl3N3O2. The highest BCUT2D eigenvalue weighted by Crippen LogP contribution is 2.28. The van der Waals surface area contributed by atoms with Crippen LogP contribution in [-0.4, -0.2) is 42.0 Å². The van der Waals surface area contributed by atoms with Gasteiger partial charge in [-0.15, -0.1) is 24.8 Å². The van der Waals surface area contributed by atoms with Crippen LogP contribution < -0.4 is 5.32 Å². The van der Waals surface area contributed by atoms with Crippen LogP contribution in [0.3, 0.4) is 0 Å². The number of likely N-dealkylation sites (N-methyl/N-ethyl adjacent to an activating group) is 1. The predicted octanol–water partition coefficient (Wildman–Crippen LogP) is 3.59. The Balaban J connectivity index is 0.00000156. The zero-order chi connectivity index (χ0) is 16.2. The van der Waals surface area contributed by atoms with E-state index in [1.165, 1.54) is 0 Å². The van der Waals surface area contributed by atoms with Gasteiger partial charge in [0.2, 0.25) is 5.91 Å². The van der Waals surface area contributed by atoms with E-state index in [0.29, 0.717) is 35.6 Å². The van der Waals surface area contributed by atoms with Gasteiger partial charge in [-0.25, -0.2) is 4.98 Å². The number of aryl methyl sites for hydroxylation is 1. The van der Waals surface area contributed by atoms with Crippen molar-refractivity contribution in [3.8, 4) is 11.3 Å². The number of hydrogen-bond acceptors (Lipinski definition) is 4. The van der Waals surface area contributed by atoms with E-state index in [4.69, 9.17) is 16.0 Å². The Kier molecular flexibility index (Phi) is 8.73. The molecule has 25 heavy (non-hydrogen) atoms. The Bertz CT molecular complexity index is 687. The lowest BCUT2D eigenvalue weighted by molar-refractivity contribution is -0.131. The van der Waals surface area contributed by atoms with Crippen LogP contribution in [0.1, 0.15) is 18.7 Å². The van der Waals surface area contributed by atoms with Crippen LogP contribution in [-0.2, 0) is 11.2 Å². The van der Waals surface area contributed by atoms with E-state index in [0.717, 1.165) is 25.1 Å². The third-order valence-electron chi connectivity index (χ3n) is 4.22. The Labute approximate surface area is 164 Å². The van der Waals surface area contributed by atoms with Crippen molar-refractivity contribution in [3.63, 3.8) is 0 Å². The maximum Gasteiger partial charge on any atom is 0.223 e. The summed E-state index contributed by atoms with van der Waals surface area (Å²) in [7, 11) is 1.87. The minimum atomic E-state index is 0. The van der Waals surface area contributed by atoms with Crippen LogP contribution >= 0.6 is 36.4 Å². The number of nitrogens with zero attached hydrogens (tertiary/aromatic N) is 2. The number of hydrogen-bond donors (Lipinski definition) is 1. The third kappa shape index (κ3) is 5.35. The predicted molar refractivity (Wildman–Crippen MR) is 104 cm³/mol. The zero-order valence-electron chi connectivity index (χ0n) is 13.9. The summed E-state index contributed by atoms with van der Waals surface area (Å²) in [6.07, 6.45) is 3.56. The molecule has 1 aromatic carbocycles. The van der Waals surface area contributed by atoms with E-state index in [1.54, 1.807) is 6.20 Å². The molecule has 1 amide bonds. The number of nitrogens with one attached hydrogen (secondary N) is 1. The molecule has 2 aromatic rings. The van der Waals surface area contributed by atoms with Crippen LogP contribution in [0.15, 0.2) is 34.9 Å². The second kappa shape index (κ2) is 10.0. The van der Waals surface area contributed by atoms with Crippen LogP contribution in [0.5, 0.6) is 0 Å². The Morgan fingerprint density at radius 3 is 2.84 bits per heavy atom. The van der Waals surface area contributed by atoms with Gasteiger partial charge in [-0.05, 0) is 25.1 Å². The summed E-state index contributed by atoms with van der Waals surface area (Å²) in [6.45, 7) is 1.85. The molecule has 0 aliphatic carbocycles. The molecule has 1 saturated heterocycles. The smallest absolute Gasteiger partial charge is 0.223 e. The Morgan fingerprint density at radius 2 is 2.16 bits per heavy atom. The molecule has 1 aliphatic rings. The first-order valence-corrected chi connectivity index (χ1v) is 8.19. The first-order valence-electron chi connectivity index (χ1n) is 7.81. The number of carbonyl (C=O) groups excluding carboxylic acids is 1. The summed E-state index contributed by atoms with van der Waals surface area (Å²) in [5.74, 6) is 1.31. The van der Waals surface area contributed by atoms with Gasteiger partial charge in [0.15, 0.2) is 11.7 Å². The number of oxazole rings is 1. The summed E-state index contributed by atoms with van der Waals surface area (Å²) in [5, 5.41) is 3.90. The quantitative estimate of drug-likeness (QED) is 0.824. The van der Waals surface area contributed by atoms with Gasteiger partial charge in [0.25, 0.3) is 0 Å². The lowest BCUT2D eigenvalue weighted by atomic mass is 10.2. The molecule has 3 rings (SSSR count). The molecule has 1 fully saturated rings. The second-order valence-corrected chi connectivity index (χ2v) is 6.16. The van der Waals surface area contributed by atoms with Gasteiger partial charge >= 0.3 is 0 Å². The van der Waals surface area contributed by atoms with E-state index in [1.807, 2.05) is 36.2 Å². The summed E-state index contributed by atoms with van der Waals surface area (Å²) >= 11 is 6.16. The number of amides is 1. The fourth-order valence-electron chi connectivity index (χ4n) is 2.78. The second-order valence-electron chi connectivity index (χ2n) is 5.75. The molecule has 1 aromatic heterocycles. The average molecular weight is 407 g/mol. The zero-order valence-corrected chi connectivity index (χ0v) is 16.3. The summed E-state index contributed by atoms with van der Waals surface area (Å²) in [4.78, 5) is 18.3. The molecule has 0 saturated carbocycles. The van der Waals surface area contributed by atoms with Gasteiger partial charge in [-0.1, -0.05) is 23.7 Å². The molecule has 0 bridgehead atoms. The first-order chi connectivity index (χ1) is 11.1. The molecule has 1 aliphatic heterocycles. The van der Waals surface area contributed by atoms with E-state index >= 15 is 0 Å². The van der Waals surface area contributed by atoms with E-state index in [-0.39, 0.29) is 30.7 Å². The highest BCUT2D eigenvalue weighted by atomic mass is 35.5. The van der Waals surface area contributed by atoms with Crippen molar-refractivity contribution in [3.05, 3.63) is 41.4 Å². The topological polar surface area (TPSA) is 58.4 Å². The van der Waals surface area contributed by atoms with Crippen molar-refractivity contribution in [2.45, 2.75) is 25.3 Å². The minimum absolute atomic E-state index is 0. The average Bonchev–Trinajstić information content (AvgIpc) is 3.24. The number of rotatable bonds is 5. The largest absolute Gasteiger partial charge is 0.441 e. The Hall–Kier alpha value is -1.27. The maximum atomic E-state index is 12.2. The van der Waals surface area contributed by atoms with Gasteiger partial charge in [-0.2, -0.15) is 0 Å². The van der Waals surface area contributed by atoms with Crippen LogP contribution in [0.25, 0.3) is 11.3 Å². The standard InChI is InChI=1S/C17H20ClN3O2.2ClH/c1-21(12-8-9-19-10-12)17(22)7-6-16-20-11-15(23-16)13-4-2-3-5-14(13)18;;/h2-5,11-12,19H,6-10H2,1H3;2*1H. The minimum Gasteiger partial charge on any atom is -0.441 e. The molecule has 8 heteroatoms. The summed E-state index contributed by atoms with van der Waals surface area (Å²) < 4.78 is 5.73. The first kappa shape index (κ1) is 21.8. The van der Waals surface area contributed by atoms with Gasteiger partial charge in [-0.3, -0.25) is 4.79 Å². The van der Waals surface area contributed by atoms with Crippen molar-refractivity contribution in [2.75, 3.05) is 20.1 Å². The van der Waals surface area contributed by atoms with Crippen LogP contribution in [0.4, 0.5) is 0 Å². The molecule has 1 unspecified atom stereocenters. The van der Waals surface area contributed by atoms with Crippen molar-refractivity contribution in [1.82, 2.24) is 15.2 Å². The van der Waals surface area contributed by atoms with Crippen LogP contribution in [0.2, 0.25) is 5.02 Å². The van der Waals surface area contributed by atoms with Gasteiger partial charge in [0.05, 0.1) is 11.2 Å². The summed E-state index contributed by atoms with van der Waals surface area (Å²) in [6, 6.07) is 7.77. The normalized spacial score (nSPS) is 16.0. The van der Waals surface area contributed by atoms with Crippen molar-refractivity contribution in [2.24, 2.45) is 0 Å². The lowest BCUT2D eigenvalue weighted by Crippen LogP contribution is -2.38. The molecule has 1 N–H and O–H groups in total. The molecule has 138 valence electrons. The van der Waals surface area contributed by atoms with Gasteiger partial charge in [0, 0.05) is 38.0 Å². The Morgan fingerprint density at radius 1 is 1.40 bits per heavy atom. The fraction of sp³-hybridized carbons (Fsp3) is 0.412. The van der Waals surface area contributed by atoms with E-state index in [9.17, 15) is 4.79 Å². The van der Waals surface area contributed by atoms with Gasteiger partial charge < -0.3 is 14.6 Å². The van der Waals surface area contributed by atoms with Crippen molar-refractivity contribution < 1.29 is 9.21 Å². The maximum absolute atomic E-state index is 12.2. The number of aromatic nitrogens is 1. The van der Waals surface area contributed by atoms with Gasteiger partial charge in [0.1, 0.15) is 0 Å². The molecule has 0 spiro atoms. The highest BCUT2D eigenvalue weighted by Gasteiger charge is 2.23. The summed E-state index contributed by atoms with van der Waals surface area (Å²) in [5.41, 5.74) is 0.813. The highest BCUT2D eigenvalue weighted by molar-refractivity contribution is 6.33. The van der Waals surface area contributed by atoms with Crippen molar-refractivity contribution in [1.29, 1.82) is 0 Å². The third-order valence-corrected chi connectivity index (χ3v) is 4.55. The van der Waals surface area contributed by atoms with Crippen LogP contribution in [0, 0.1) is 0 Å². The SMILES string of the molecule is CN(C(=O)CCc1ncc(-c2ccccc2Cl)o1)C1CCNC1.Cl.Cl. The molecular weight excluding hydrogens is 385 g/mol. The molecule has 2 heterocycles. The molecule has 1 atom stereocenters.